The van der Waals surface area contributed by atoms with E-state index in [-0.39, 0.29) is 22.9 Å². The molecule has 0 radical (unpaired) electrons. The van der Waals surface area contributed by atoms with Crippen LogP contribution in [0.1, 0.15) is 31.9 Å². The van der Waals surface area contributed by atoms with Crippen molar-refractivity contribution in [2.45, 2.75) is 39.6 Å². The second-order valence-electron chi connectivity index (χ2n) is 5.95. The van der Waals surface area contributed by atoms with E-state index >= 15 is 0 Å². The average Bonchev–Trinajstić information content (AvgIpc) is 2.48. The van der Waals surface area contributed by atoms with Crippen molar-refractivity contribution < 1.29 is 9.13 Å². The van der Waals surface area contributed by atoms with E-state index in [0.717, 1.165) is 5.56 Å². The third kappa shape index (κ3) is 3.65. The van der Waals surface area contributed by atoms with Gasteiger partial charge in [0, 0.05) is 0 Å². The Morgan fingerprint density at radius 1 is 1.23 bits per heavy atom. The van der Waals surface area contributed by atoms with Crippen LogP contribution in [0.5, 0.6) is 5.75 Å². The van der Waals surface area contributed by atoms with E-state index in [1.807, 2.05) is 20.8 Å². The predicted octanol–water partition coefficient (Wildman–Crippen LogP) is 3.70. The Balaban J connectivity index is 2.16. The molecule has 0 N–H and O–H groups in total. The Bertz CT molecular complexity index is 706. The van der Waals surface area contributed by atoms with E-state index in [0.29, 0.717) is 5.56 Å². The summed E-state index contributed by atoms with van der Waals surface area (Å²) in [4.78, 5) is 12.2. The summed E-state index contributed by atoms with van der Waals surface area (Å²) in [6.07, 6.45) is 1.44. The van der Waals surface area contributed by atoms with Crippen molar-refractivity contribution >= 4 is 11.6 Å². The molecule has 2 aromatic rings. The van der Waals surface area contributed by atoms with Gasteiger partial charge >= 0.3 is 0 Å². The van der Waals surface area contributed by atoms with E-state index in [1.165, 1.54) is 10.9 Å². The first-order chi connectivity index (χ1) is 10.3. The van der Waals surface area contributed by atoms with Crippen LogP contribution in [0.2, 0.25) is 5.02 Å². The van der Waals surface area contributed by atoms with Crippen molar-refractivity contribution in [3.8, 4) is 5.75 Å². The number of ether oxygens (including phenoxy) is 1. The number of alkyl halides is 1. The second-order valence-corrected chi connectivity index (χ2v) is 6.33. The third-order valence-corrected chi connectivity index (χ3v) is 3.44. The van der Waals surface area contributed by atoms with E-state index in [1.54, 1.807) is 24.3 Å². The molecule has 0 fully saturated rings. The zero-order valence-electron chi connectivity index (χ0n) is 12.8. The maximum atomic E-state index is 12.4. The van der Waals surface area contributed by atoms with E-state index in [2.05, 4.69) is 5.10 Å². The van der Waals surface area contributed by atoms with Crippen LogP contribution >= 0.6 is 11.6 Å². The summed E-state index contributed by atoms with van der Waals surface area (Å²) in [5.74, 6) is 0.238. The number of halogens is 2. The fraction of sp³-hybridized carbons (Fsp3) is 0.375. The zero-order valence-corrected chi connectivity index (χ0v) is 13.5. The van der Waals surface area contributed by atoms with Crippen molar-refractivity contribution in [3.05, 3.63) is 57.0 Å². The molecule has 0 unspecified atom stereocenters. The molecule has 0 spiro atoms. The molecule has 6 heteroatoms. The number of hydrogen-bond acceptors (Lipinski definition) is 3. The van der Waals surface area contributed by atoms with Gasteiger partial charge in [-0.05, 0) is 31.9 Å². The molecule has 4 nitrogen and oxygen atoms in total. The van der Waals surface area contributed by atoms with Crippen molar-refractivity contribution in [1.82, 2.24) is 9.78 Å². The van der Waals surface area contributed by atoms with E-state index in [9.17, 15) is 9.18 Å². The first kappa shape index (κ1) is 16.5. The normalized spacial score (nSPS) is 11.5. The monoisotopic (exact) mass is 324 g/mol. The molecule has 1 aromatic carbocycles. The SMILES string of the molecule is CC(C)(C)n1ncc(OCc2ccc(CF)cc2)c(Cl)c1=O. The van der Waals surface area contributed by atoms with Crippen LogP contribution in [0.4, 0.5) is 4.39 Å². The van der Waals surface area contributed by atoms with E-state index < -0.39 is 12.2 Å². The van der Waals surface area contributed by atoms with E-state index in [4.69, 9.17) is 16.3 Å². The van der Waals surface area contributed by atoms with Crippen LogP contribution in [0.15, 0.2) is 35.3 Å². The van der Waals surface area contributed by atoms with Crippen LogP contribution in [-0.2, 0) is 18.8 Å². The van der Waals surface area contributed by atoms with Crippen LogP contribution < -0.4 is 10.3 Å². The lowest BCUT2D eigenvalue weighted by molar-refractivity contribution is 0.292. The van der Waals surface area contributed by atoms with Crippen molar-refractivity contribution in [1.29, 1.82) is 0 Å². The minimum absolute atomic E-state index is 0.00491. The van der Waals surface area contributed by atoms with Gasteiger partial charge in [-0.3, -0.25) is 4.79 Å². The van der Waals surface area contributed by atoms with Gasteiger partial charge in [-0.25, -0.2) is 9.07 Å². The van der Waals surface area contributed by atoms with Gasteiger partial charge in [-0.1, -0.05) is 35.9 Å². The lowest BCUT2D eigenvalue weighted by Gasteiger charge is -2.21. The van der Waals surface area contributed by atoms with Crippen molar-refractivity contribution in [2.24, 2.45) is 0 Å². The topological polar surface area (TPSA) is 44.1 Å². The highest BCUT2D eigenvalue weighted by Crippen LogP contribution is 2.21. The van der Waals surface area contributed by atoms with Gasteiger partial charge in [-0.15, -0.1) is 0 Å². The van der Waals surface area contributed by atoms with Gasteiger partial charge in [0.15, 0.2) is 10.8 Å². The highest BCUT2D eigenvalue weighted by atomic mass is 35.5. The fourth-order valence-electron chi connectivity index (χ4n) is 1.88. The summed E-state index contributed by atoms with van der Waals surface area (Å²) in [7, 11) is 0. The number of hydrogen-bond donors (Lipinski definition) is 0. The molecule has 0 atom stereocenters. The Labute approximate surface area is 133 Å². The lowest BCUT2D eigenvalue weighted by atomic mass is 10.1. The van der Waals surface area contributed by atoms with Gasteiger partial charge in [0.1, 0.15) is 13.3 Å². The highest BCUT2D eigenvalue weighted by Gasteiger charge is 2.19. The summed E-state index contributed by atoms with van der Waals surface area (Å²) in [6.45, 7) is 5.33. The first-order valence-corrected chi connectivity index (χ1v) is 7.25. The average molecular weight is 325 g/mol. The molecule has 0 aliphatic rings. The molecule has 0 saturated heterocycles. The van der Waals surface area contributed by atoms with Crippen LogP contribution in [0.3, 0.4) is 0 Å². The van der Waals surface area contributed by atoms with Crippen LogP contribution in [0.25, 0.3) is 0 Å². The summed E-state index contributed by atoms with van der Waals surface area (Å²) >= 11 is 6.07. The van der Waals surface area contributed by atoms with Crippen molar-refractivity contribution in [3.63, 3.8) is 0 Å². The molecule has 2 rings (SSSR count). The van der Waals surface area contributed by atoms with Crippen molar-refractivity contribution in [2.75, 3.05) is 0 Å². The molecule has 0 saturated carbocycles. The van der Waals surface area contributed by atoms with Gasteiger partial charge < -0.3 is 4.74 Å². The molecule has 0 amide bonds. The quantitative estimate of drug-likeness (QED) is 0.861. The van der Waals surface area contributed by atoms with Crippen LogP contribution in [0, 0.1) is 0 Å². The van der Waals surface area contributed by atoms with Gasteiger partial charge in [-0.2, -0.15) is 5.10 Å². The Morgan fingerprint density at radius 3 is 2.36 bits per heavy atom. The maximum absolute atomic E-state index is 12.4. The zero-order chi connectivity index (χ0) is 16.3. The predicted molar refractivity (Wildman–Crippen MR) is 84.1 cm³/mol. The van der Waals surface area contributed by atoms with Gasteiger partial charge in [0.2, 0.25) is 0 Å². The number of aromatic nitrogens is 2. The molecular formula is C16H18ClFN2O2. The van der Waals surface area contributed by atoms with Gasteiger partial charge in [0.25, 0.3) is 5.56 Å². The fourth-order valence-corrected chi connectivity index (χ4v) is 2.07. The van der Waals surface area contributed by atoms with Gasteiger partial charge in [0.05, 0.1) is 11.7 Å². The summed E-state index contributed by atoms with van der Waals surface area (Å²) < 4.78 is 19.3. The molecule has 118 valence electrons. The molecule has 1 aromatic heterocycles. The standard InChI is InChI=1S/C16H18ClFN2O2/c1-16(2,3)20-15(21)14(17)13(9-19-20)22-10-12-6-4-11(8-18)5-7-12/h4-7,9H,8,10H2,1-3H3. The van der Waals surface area contributed by atoms with Crippen LogP contribution in [-0.4, -0.2) is 9.78 Å². The minimum atomic E-state index is -0.498. The first-order valence-electron chi connectivity index (χ1n) is 6.88. The molecule has 0 aliphatic heterocycles. The summed E-state index contributed by atoms with van der Waals surface area (Å²) in [5.41, 5.74) is 0.616. The lowest BCUT2D eigenvalue weighted by Crippen LogP contribution is -2.36. The molecule has 0 bridgehead atoms. The smallest absolute Gasteiger partial charge is 0.289 e. The minimum Gasteiger partial charge on any atom is -0.485 e. The Hall–Kier alpha value is -1.88. The number of benzene rings is 1. The maximum Gasteiger partial charge on any atom is 0.289 e. The summed E-state index contributed by atoms with van der Waals surface area (Å²) in [5, 5.41) is 4.10. The molecular weight excluding hydrogens is 307 g/mol. The highest BCUT2D eigenvalue weighted by molar-refractivity contribution is 6.31. The summed E-state index contributed by atoms with van der Waals surface area (Å²) in [6, 6.07) is 6.92. The second kappa shape index (κ2) is 6.48. The molecule has 1 heterocycles. The number of nitrogens with zero attached hydrogens (tertiary/aromatic N) is 2. The Kier molecular flexibility index (Phi) is 4.86. The third-order valence-electron chi connectivity index (χ3n) is 3.09. The Morgan fingerprint density at radius 2 is 1.82 bits per heavy atom. The number of rotatable bonds is 4. The molecule has 0 aliphatic carbocycles. The largest absolute Gasteiger partial charge is 0.485 e. The molecule has 22 heavy (non-hydrogen) atoms.